The number of amides is 2. The standard InChI is InChI=1S/C24H30F2N4O3/c1-29(2)24(32)18-14-30(16-6-4-3-5-7-16)11-10-20(18)27-23(31)21-13-22(33-28-21)17-9-8-15(25)12-19(17)26/h8-9,12-13,16,18,20H,3-7,10-11,14H2,1-2H3,(H,27,31)/t18-,20-/m1/s1. The zero-order chi connectivity index (χ0) is 23.5. The van der Waals surface area contributed by atoms with Crippen molar-refractivity contribution in [2.24, 2.45) is 5.92 Å². The molecule has 0 bridgehead atoms. The number of likely N-dealkylation sites (tertiary alicyclic amines) is 1. The van der Waals surface area contributed by atoms with E-state index in [1.807, 2.05) is 0 Å². The zero-order valence-electron chi connectivity index (χ0n) is 19.0. The highest BCUT2D eigenvalue weighted by atomic mass is 19.1. The lowest BCUT2D eigenvalue weighted by Crippen LogP contribution is -2.57. The number of rotatable bonds is 5. The van der Waals surface area contributed by atoms with Gasteiger partial charge in [0.05, 0.1) is 11.5 Å². The zero-order valence-corrected chi connectivity index (χ0v) is 19.0. The Hall–Kier alpha value is -2.81. The third-order valence-corrected chi connectivity index (χ3v) is 6.75. The number of halogens is 2. The van der Waals surface area contributed by atoms with Crippen molar-refractivity contribution in [1.82, 2.24) is 20.3 Å². The predicted octanol–water partition coefficient (Wildman–Crippen LogP) is 3.46. The van der Waals surface area contributed by atoms with Crippen LogP contribution in [0.3, 0.4) is 0 Å². The summed E-state index contributed by atoms with van der Waals surface area (Å²) in [5.74, 6) is -2.34. The summed E-state index contributed by atoms with van der Waals surface area (Å²) in [6, 6.07) is 4.57. The third kappa shape index (κ3) is 5.24. The molecule has 178 valence electrons. The number of carbonyl (C=O) groups excluding carboxylic acids is 2. The lowest BCUT2D eigenvalue weighted by molar-refractivity contribution is -0.136. The minimum absolute atomic E-state index is 0.0144. The molecule has 0 unspecified atom stereocenters. The van der Waals surface area contributed by atoms with Gasteiger partial charge in [0.1, 0.15) is 11.6 Å². The number of nitrogens with one attached hydrogen (secondary N) is 1. The Labute approximate surface area is 192 Å². The van der Waals surface area contributed by atoms with E-state index in [0.717, 1.165) is 31.5 Å². The van der Waals surface area contributed by atoms with Gasteiger partial charge in [0.25, 0.3) is 5.91 Å². The summed E-state index contributed by atoms with van der Waals surface area (Å²) < 4.78 is 32.4. The van der Waals surface area contributed by atoms with Crippen LogP contribution in [0.4, 0.5) is 8.78 Å². The molecule has 2 fully saturated rings. The van der Waals surface area contributed by atoms with Crippen molar-refractivity contribution < 1.29 is 22.9 Å². The molecule has 2 atom stereocenters. The molecule has 7 nitrogen and oxygen atoms in total. The maximum absolute atomic E-state index is 14.0. The average molecular weight is 461 g/mol. The number of aromatic nitrogens is 1. The molecular formula is C24H30F2N4O3. The number of benzene rings is 1. The summed E-state index contributed by atoms with van der Waals surface area (Å²) in [5, 5.41) is 6.71. The molecule has 1 N–H and O–H groups in total. The van der Waals surface area contributed by atoms with Crippen LogP contribution in [0.5, 0.6) is 0 Å². The van der Waals surface area contributed by atoms with Crippen LogP contribution in [0, 0.1) is 17.6 Å². The first kappa shape index (κ1) is 23.4. The van der Waals surface area contributed by atoms with Crippen LogP contribution in [0.25, 0.3) is 11.3 Å². The van der Waals surface area contributed by atoms with E-state index in [2.05, 4.69) is 15.4 Å². The van der Waals surface area contributed by atoms with E-state index in [4.69, 9.17) is 4.52 Å². The lowest BCUT2D eigenvalue weighted by atomic mass is 9.86. The largest absolute Gasteiger partial charge is 0.355 e. The first-order chi connectivity index (χ1) is 15.8. The van der Waals surface area contributed by atoms with Gasteiger partial charge in [-0.1, -0.05) is 24.4 Å². The fourth-order valence-electron chi connectivity index (χ4n) is 4.95. The van der Waals surface area contributed by atoms with Crippen molar-refractivity contribution in [3.05, 3.63) is 41.6 Å². The second kappa shape index (κ2) is 9.99. The molecule has 9 heteroatoms. The summed E-state index contributed by atoms with van der Waals surface area (Å²) in [6.45, 7) is 1.43. The van der Waals surface area contributed by atoms with Crippen molar-refractivity contribution in [3.63, 3.8) is 0 Å². The predicted molar refractivity (Wildman–Crippen MR) is 118 cm³/mol. The van der Waals surface area contributed by atoms with Gasteiger partial charge in [-0.15, -0.1) is 0 Å². The van der Waals surface area contributed by atoms with Gasteiger partial charge >= 0.3 is 0 Å². The Morgan fingerprint density at radius 2 is 1.88 bits per heavy atom. The van der Waals surface area contributed by atoms with Gasteiger partial charge in [-0.25, -0.2) is 8.78 Å². The number of hydrogen-bond donors (Lipinski definition) is 1. The van der Waals surface area contributed by atoms with E-state index in [0.29, 0.717) is 19.0 Å². The van der Waals surface area contributed by atoms with Gasteiger partial charge in [0.2, 0.25) is 5.91 Å². The molecule has 1 aromatic carbocycles. The van der Waals surface area contributed by atoms with E-state index in [-0.39, 0.29) is 34.9 Å². The molecule has 0 radical (unpaired) electrons. The SMILES string of the molecule is CN(C)C(=O)[C@@H]1CN(C2CCCCC2)CC[C@H]1NC(=O)c1cc(-c2ccc(F)cc2F)on1. The molecular weight excluding hydrogens is 430 g/mol. The van der Waals surface area contributed by atoms with Crippen molar-refractivity contribution in [3.8, 4) is 11.3 Å². The minimum Gasteiger partial charge on any atom is -0.355 e. The Balaban J connectivity index is 1.47. The topological polar surface area (TPSA) is 78.7 Å². The Bertz CT molecular complexity index is 1000. The maximum Gasteiger partial charge on any atom is 0.273 e. The molecule has 1 saturated carbocycles. The normalized spacial score (nSPS) is 22.2. The highest BCUT2D eigenvalue weighted by Crippen LogP contribution is 2.29. The second-order valence-electron chi connectivity index (χ2n) is 9.20. The average Bonchev–Trinajstić information content (AvgIpc) is 3.29. The highest BCUT2D eigenvalue weighted by molar-refractivity contribution is 5.94. The van der Waals surface area contributed by atoms with Crippen molar-refractivity contribution >= 4 is 11.8 Å². The van der Waals surface area contributed by atoms with Crippen LogP contribution in [-0.4, -0.2) is 66.0 Å². The van der Waals surface area contributed by atoms with Crippen molar-refractivity contribution in [1.29, 1.82) is 0 Å². The van der Waals surface area contributed by atoms with Gasteiger partial charge in [-0.3, -0.25) is 14.5 Å². The van der Waals surface area contributed by atoms with Gasteiger partial charge < -0.3 is 14.7 Å². The molecule has 0 spiro atoms. The van der Waals surface area contributed by atoms with E-state index >= 15 is 0 Å². The quantitative estimate of drug-likeness (QED) is 0.739. The first-order valence-corrected chi connectivity index (χ1v) is 11.5. The van der Waals surface area contributed by atoms with E-state index in [1.54, 1.807) is 19.0 Å². The van der Waals surface area contributed by atoms with Crippen LogP contribution in [0.15, 0.2) is 28.8 Å². The van der Waals surface area contributed by atoms with Crippen LogP contribution in [0.1, 0.15) is 49.0 Å². The smallest absolute Gasteiger partial charge is 0.273 e. The molecule has 1 aliphatic heterocycles. The number of nitrogens with zero attached hydrogens (tertiary/aromatic N) is 3. The Morgan fingerprint density at radius 1 is 1.12 bits per heavy atom. The monoisotopic (exact) mass is 460 g/mol. The molecule has 2 aliphatic rings. The summed E-state index contributed by atoms with van der Waals surface area (Å²) in [6.07, 6.45) is 6.67. The fourth-order valence-corrected chi connectivity index (χ4v) is 4.95. The van der Waals surface area contributed by atoms with Crippen LogP contribution in [0.2, 0.25) is 0 Å². The highest BCUT2D eigenvalue weighted by Gasteiger charge is 2.38. The fraction of sp³-hybridized carbons (Fsp3) is 0.542. The molecule has 33 heavy (non-hydrogen) atoms. The van der Waals surface area contributed by atoms with Crippen LogP contribution < -0.4 is 5.32 Å². The lowest BCUT2D eigenvalue weighted by Gasteiger charge is -2.43. The molecule has 2 amide bonds. The van der Waals surface area contributed by atoms with E-state index < -0.39 is 17.5 Å². The molecule has 2 aromatic rings. The second-order valence-corrected chi connectivity index (χ2v) is 9.20. The maximum atomic E-state index is 14.0. The molecule has 1 aliphatic carbocycles. The van der Waals surface area contributed by atoms with E-state index in [1.165, 1.54) is 31.4 Å². The molecule has 4 rings (SSSR count). The van der Waals surface area contributed by atoms with Crippen molar-refractivity contribution in [2.45, 2.75) is 50.6 Å². The Morgan fingerprint density at radius 3 is 2.58 bits per heavy atom. The summed E-state index contributed by atoms with van der Waals surface area (Å²) in [4.78, 5) is 29.8. The number of piperidine rings is 1. The number of carbonyl (C=O) groups is 2. The van der Waals surface area contributed by atoms with Gasteiger partial charge in [0.15, 0.2) is 11.5 Å². The number of hydrogen-bond acceptors (Lipinski definition) is 5. The Kier molecular flexibility index (Phi) is 7.07. The van der Waals surface area contributed by atoms with Crippen molar-refractivity contribution in [2.75, 3.05) is 27.2 Å². The summed E-state index contributed by atoms with van der Waals surface area (Å²) >= 11 is 0. The minimum atomic E-state index is -0.801. The van der Waals surface area contributed by atoms with Gasteiger partial charge in [-0.05, 0) is 31.4 Å². The third-order valence-electron chi connectivity index (χ3n) is 6.75. The first-order valence-electron chi connectivity index (χ1n) is 11.5. The van der Waals surface area contributed by atoms with Crippen LogP contribution >= 0.6 is 0 Å². The molecule has 1 aromatic heterocycles. The van der Waals surface area contributed by atoms with Crippen LogP contribution in [-0.2, 0) is 4.79 Å². The summed E-state index contributed by atoms with van der Waals surface area (Å²) in [7, 11) is 3.45. The van der Waals surface area contributed by atoms with Gasteiger partial charge in [-0.2, -0.15) is 0 Å². The molecule has 1 saturated heterocycles. The summed E-state index contributed by atoms with van der Waals surface area (Å²) in [5.41, 5.74) is 0.00360. The molecule has 2 heterocycles. The van der Waals surface area contributed by atoms with E-state index in [9.17, 15) is 18.4 Å². The van der Waals surface area contributed by atoms with Gasteiger partial charge in [0, 0.05) is 51.4 Å².